The summed E-state index contributed by atoms with van der Waals surface area (Å²) in [5, 5.41) is 2.96. The first kappa shape index (κ1) is 16.2. The number of fused-ring (bicyclic) bond motifs is 1. The summed E-state index contributed by atoms with van der Waals surface area (Å²) in [4.78, 5) is 24.9. The van der Waals surface area contributed by atoms with Crippen LogP contribution in [0.15, 0.2) is 48.5 Å². The van der Waals surface area contributed by atoms with Crippen molar-refractivity contribution in [1.29, 1.82) is 0 Å². The summed E-state index contributed by atoms with van der Waals surface area (Å²) in [7, 11) is 0. The Hall–Kier alpha value is -2.62. The quantitative estimate of drug-likeness (QED) is 0.881. The Labute approximate surface area is 141 Å². The van der Waals surface area contributed by atoms with E-state index in [1.54, 1.807) is 19.1 Å². The Morgan fingerprint density at radius 2 is 1.83 bits per heavy atom. The van der Waals surface area contributed by atoms with Crippen molar-refractivity contribution >= 4 is 11.9 Å². The number of carbonyl (C=O) groups excluding carboxylic acids is 2. The van der Waals surface area contributed by atoms with Gasteiger partial charge in [0.1, 0.15) is 0 Å². The molecule has 1 N–H and O–H groups in total. The van der Waals surface area contributed by atoms with E-state index in [-0.39, 0.29) is 11.9 Å². The molecule has 2 aromatic carbocycles. The Morgan fingerprint density at radius 3 is 2.54 bits per heavy atom. The van der Waals surface area contributed by atoms with Crippen molar-refractivity contribution < 1.29 is 14.3 Å². The zero-order valence-electron chi connectivity index (χ0n) is 14.1. The van der Waals surface area contributed by atoms with E-state index in [9.17, 15) is 9.59 Å². The van der Waals surface area contributed by atoms with Crippen molar-refractivity contribution in [3.05, 3.63) is 70.8 Å². The molecular formula is C20H21NO3. The SMILES string of the molecule is Cc1ccc(C(C)NC(=O)C2(C)Cc3ccccc3C(=O)O2)cc1. The molecule has 1 amide bonds. The maximum atomic E-state index is 12.7. The molecule has 124 valence electrons. The van der Waals surface area contributed by atoms with E-state index < -0.39 is 11.6 Å². The minimum Gasteiger partial charge on any atom is -0.445 e. The summed E-state index contributed by atoms with van der Waals surface area (Å²) in [6.45, 7) is 5.61. The molecule has 1 heterocycles. The van der Waals surface area contributed by atoms with Crippen molar-refractivity contribution in [3.8, 4) is 0 Å². The van der Waals surface area contributed by atoms with Gasteiger partial charge in [-0.25, -0.2) is 4.79 Å². The van der Waals surface area contributed by atoms with Crippen LogP contribution in [-0.4, -0.2) is 17.5 Å². The minimum atomic E-state index is -1.19. The highest BCUT2D eigenvalue weighted by Gasteiger charge is 2.42. The molecule has 24 heavy (non-hydrogen) atoms. The normalized spacial score (nSPS) is 20.7. The predicted octanol–water partition coefficient (Wildman–Crippen LogP) is 3.34. The van der Waals surface area contributed by atoms with Crippen LogP contribution in [0.3, 0.4) is 0 Å². The molecule has 0 radical (unpaired) electrons. The monoisotopic (exact) mass is 323 g/mol. The van der Waals surface area contributed by atoms with Gasteiger partial charge in [-0.1, -0.05) is 48.0 Å². The number of esters is 1. The molecule has 1 aliphatic rings. The molecule has 4 nitrogen and oxygen atoms in total. The molecule has 0 aromatic heterocycles. The first-order valence-corrected chi connectivity index (χ1v) is 8.08. The molecule has 1 aliphatic heterocycles. The molecule has 3 rings (SSSR count). The molecule has 0 saturated heterocycles. The number of hydrogen-bond acceptors (Lipinski definition) is 3. The Bertz CT molecular complexity index is 782. The smallest absolute Gasteiger partial charge is 0.339 e. The second kappa shape index (κ2) is 6.11. The molecule has 2 aromatic rings. The lowest BCUT2D eigenvalue weighted by molar-refractivity contribution is -0.140. The van der Waals surface area contributed by atoms with Crippen LogP contribution in [0.2, 0.25) is 0 Å². The first-order chi connectivity index (χ1) is 11.4. The van der Waals surface area contributed by atoms with Gasteiger partial charge in [0.15, 0.2) is 5.60 Å². The van der Waals surface area contributed by atoms with Crippen molar-refractivity contribution in [2.24, 2.45) is 0 Å². The second-order valence-corrected chi connectivity index (χ2v) is 6.56. The second-order valence-electron chi connectivity index (χ2n) is 6.56. The molecule has 2 unspecified atom stereocenters. The third kappa shape index (κ3) is 3.04. The van der Waals surface area contributed by atoms with Crippen molar-refractivity contribution in [1.82, 2.24) is 5.32 Å². The number of aryl methyl sites for hydroxylation is 1. The van der Waals surface area contributed by atoms with E-state index in [4.69, 9.17) is 4.74 Å². The fourth-order valence-electron chi connectivity index (χ4n) is 2.95. The van der Waals surface area contributed by atoms with Crippen molar-refractivity contribution in [2.45, 2.75) is 38.8 Å². The number of cyclic esters (lactones) is 1. The van der Waals surface area contributed by atoms with Gasteiger partial charge in [0, 0.05) is 6.42 Å². The van der Waals surface area contributed by atoms with Gasteiger partial charge in [-0.2, -0.15) is 0 Å². The highest BCUT2D eigenvalue weighted by atomic mass is 16.6. The topological polar surface area (TPSA) is 55.4 Å². The number of benzene rings is 2. The standard InChI is InChI=1S/C20H21NO3/c1-13-8-10-15(11-9-13)14(2)21-19(23)20(3)12-16-6-4-5-7-17(16)18(22)24-20/h4-11,14H,12H2,1-3H3,(H,21,23). The van der Waals surface area contributed by atoms with Crippen LogP contribution >= 0.6 is 0 Å². The molecule has 2 atom stereocenters. The molecular weight excluding hydrogens is 302 g/mol. The highest BCUT2D eigenvalue weighted by molar-refractivity contribution is 5.97. The van der Waals surface area contributed by atoms with Gasteiger partial charge in [0.2, 0.25) is 0 Å². The first-order valence-electron chi connectivity index (χ1n) is 8.08. The number of ether oxygens (including phenoxy) is 1. The van der Waals surface area contributed by atoms with Crippen LogP contribution < -0.4 is 5.32 Å². The van der Waals surface area contributed by atoms with Crippen LogP contribution in [0.5, 0.6) is 0 Å². The van der Waals surface area contributed by atoms with E-state index in [1.165, 1.54) is 5.56 Å². The Balaban J connectivity index is 1.77. The van der Waals surface area contributed by atoms with Crippen molar-refractivity contribution in [2.75, 3.05) is 0 Å². The number of amides is 1. The third-order valence-electron chi connectivity index (χ3n) is 4.49. The maximum absolute atomic E-state index is 12.7. The zero-order chi connectivity index (χ0) is 17.3. The lowest BCUT2D eigenvalue weighted by Crippen LogP contribution is -2.52. The summed E-state index contributed by atoms with van der Waals surface area (Å²) in [6, 6.07) is 15.1. The molecule has 0 aliphatic carbocycles. The van der Waals surface area contributed by atoms with E-state index in [1.807, 2.05) is 50.2 Å². The summed E-state index contributed by atoms with van der Waals surface area (Å²) in [5.74, 6) is -0.726. The lowest BCUT2D eigenvalue weighted by Gasteiger charge is -2.34. The van der Waals surface area contributed by atoms with Crippen LogP contribution in [0.25, 0.3) is 0 Å². The Morgan fingerprint density at radius 1 is 1.17 bits per heavy atom. The van der Waals surface area contributed by atoms with Crippen molar-refractivity contribution in [3.63, 3.8) is 0 Å². The summed E-state index contributed by atoms with van der Waals surface area (Å²) in [6.07, 6.45) is 0.376. The summed E-state index contributed by atoms with van der Waals surface area (Å²) in [5.41, 5.74) is 2.37. The largest absolute Gasteiger partial charge is 0.445 e. The highest BCUT2D eigenvalue weighted by Crippen LogP contribution is 2.29. The fraction of sp³-hybridized carbons (Fsp3) is 0.300. The molecule has 0 spiro atoms. The third-order valence-corrected chi connectivity index (χ3v) is 4.49. The predicted molar refractivity (Wildman–Crippen MR) is 91.7 cm³/mol. The van der Waals surface area contributed by atoms with E-state index >= 15 is 0 Å². The van der Waals surface area contributed by atoms with Gasteiger partial charge >= 0.3 is 5.97 Å². The summed E-state index contributed by atoms with van der Waals surface area (Å²) < 4.78 is 5.47. The fourth-order valence-corrected chi connectivity index (χ4v) is 2.95. The van der Waals surface area contributed by atoms with Gasteiger partial charge in [-0.05, 0) is 38.0 Å². The number of carbonyl (C=O) groups is 2. The van der Waals surface area contributed by atoms with Crippen LogP contribution in [0, 0.1) is 6.92 Å². The number of rotatable bonds is 3. The minimum absolute atomic E-state index is 0.161. The number of nitrogens with one attached hydrogen (secondary N) is 1. The zero-order valence-corrected chi connectivity index (χ0v) is 14.1. The van der Waals surface area contributed by atoms with Gasteiger partial charge < -0.3 is 10.1 Å². The van der Waals surface area contributed by atoms with E-state index in [0.717, 1.165) is 11.1 Å². The van der Waals surface area contributed by atoms with Gasteiger partial charge in [0.25, 0.3) is 5.91 Å². The van der Waals surface area contributed by atoms with Gasteiger partial charge in [-0.15, -0.1) is 0 Å². The van der Waals surface area contributed by atoms with Crippen LogP contribution in [0.4, 0.5) is 0 Å². The number of hydrogen-bond donors (Lipinski definition) is 1. The molecule has 0 fully saturated rings. The van der Waals surface area contributed by atoms with Gasteiger partial charge in [-0.3, -0.25) is 4.79 Å². The van der Waals surface area contributed by atoms with Crippen LogP contribution in [-0.2, 0) is 16.0 Å². The summed E-state index contributed by atoms with van der Waals surface area (Å²) >= 11 is 0. The molecule has 0 saturated carbocycles. The van der Waals surface area contributed by atoms with Crippen LogP contribution in [0.1, 0.15) is 46.9 Å². The lowest BCUT2D eigenvalue weighted by atomic mass is 9.89. The van der Waals surface area contributed by atoms with Gasteiger partial charge in [0.05, 0.1) is 11.6 Å². The molecule has 0 bridgehead atoms. The van der Waals surface area contributed by atoms with E-state index in [2.05, 4.69) is 5.32 Å². The average Bonchev–Trinajstić information content (AvgIpc) is 2.55. The molecule has 4 heteroatoms. The Kier molecular flexibility index (Phi) is 4.14. The van der Waals surface area contributed by atoms with E-state index in [0.29, 0.717) is 12.0 Å². The maximum Gasteiger partial charge on any atom is 0.339 e. The average molecular weight is 323 g/mol.